The maximum Gasteiger partial charge on any atom is 0.410 e. The van der Waals surface area contributed by atoms with Crippen LogP contribution in [0.25, 0.3) is 0 Å². The third-order valence-electron chi connectivity index (χ3n) is 4.35. The summed E-state index contributed by atoms with van der Waals surface area (Å²) >= 11 is 3.50. The lowest BCUT2D eigenvalue weighted by molar-refractivity contribution is 0.113. The highest BCUT2D eigenvalue weighted by Crippen LogP contribution is 2.47. The average Bonchev–Trinajstić information content (AvgIpc) is 2.97. The molecular weight excluding hydrogens is 346 g/mol. The molecule has 0 radical (unpaired) electrons. The summed E-state index contributed by atoms with van der Waals surface area (Å²) in [5.74, 6) is 0.227. The highest BCUT2D eigenvalue weighted by atomic mass is 79.9. The van der Waals surface area contributed by atoms with Crippen LogP contribution in [0.1, 0.15) is 18.0 Å². The van der Waals surface area contributed by atoms with Crippen molar-refractivity contribution in [1.29, 1.82) is 5.26 Å². The fraction of sp³-hybridized carbons (Fsp3) is 0.375. The van der Waals surface area contributed by atoms with Crippen molar-refractivity contribution < 1.29 is 9.53 Å². The van der Waals surface area contributed by atoms with Gasteiger partial charge in [0.15, 0.2) is 0 Å². The Bertz CT molecular complexity index is 668. The van der Waals surface area contributed by atoms with Gasteiger partial charge in [-0.3, -0.25) is 0 Å². The van der Waals surface area contributed by atoms with Crippen molar-refractivity contribution in [2.75, 3.05) is 19.0 Å². The van der Waals surface area contributed by atoms with Crippen LogP contribution < -0.4 is 5.32 Å². The first-order valence-corrected chi connectivity index (χ1v) is 7.92. The number of carbonyl (C=O) groups is 1. The van der Waals surface area contributed by atoms with Crippen LogP contribution in [0.3, 0.4) is 0 Å². The number of hydrogen-bond donors (Lipinski definition) is 1. The normalized spacial score (nSPS) is 26.0. The molecule has 5 nitrogen and oxygen atoms in total. The van der Waals surface area contributed by atoms with Crippen molar-refractivity contribution in [3.05, 3.63) is 40.4 Å². The fourth-order valence-corrected chi connectivity index (χ4v) is 3.83. The summed E-state index contributed by atoms with van der Waals surface area (Å²) in [7, 11) is 1.41. The van der Waals surface area contributed by atoms with Crippen LogP contribution in [-0.4, -0.2) is 30.7 Å². The molecule has 0 aromatic heterocycles. The average molecular weight is 362 g/mol. The Balaban J connectivity index is 2.05. The summed E-state index contributed by atoms with van der Waals surface area (Å²) < 4.78 is 5.91. The number of fused-ring (bicyclic) bond motifs is 3. The van der Waals surface area contributed by atoms with E-state index in [-0.39, 0.29) is 24.1 Å². The molecule has 2 heterocycles. The first-order chi connectivity index (χ1) is 10.7. The minimum Gasteiger partial charge on any atom is -0.453 e. The van der Waals surface area contributed by atoms with Gasteiger partial charge in [-0.2, -0.15) is 5.26 Å². The molecule has 2 aliphatic rings. The monoisotopic (exact) mass is 361 g/mol. The highest BCUT2D eigenvalue weighted by Gasteiger charge is 2.45. The lowest BCUT2D eigenvalue weighted by atomic mass is 9.83. The van der Waals surface area contributed by atoms with E-state index in [1.165, 1.54) is 13.2 Å². The molecule has 6 heteroatoms. The van der Waals surface area contributed by atoms with E-state index in [9.17, 15) is 4.79 Å². The number of halogens is 1. The van der Waals surface area contributed by atoms with E-state index in [4.69, 9.17) is 10.00 Å². The Morgan fingerprint density at radius 2 is 2.41 bits per heavy atom. The zero-order valence-corrected chi connectivity index (χ0v) is 13.7. The molecule has 3 rings (SSSR count). The van der Waals surface area contributed by atoms with Gasteiger partial charge in [-0.25, -0.2) is 4.79 Å². The molecule has 1 aromatic rings. The molecule has 0 unspecified atom stereocenters. The van der Waals surface area contributed by atoms with Gasteiger partial charge in [0.2, 0.25) is 0 Å². The largest absolute Gasteiger partial charge is 0.453 e. The Hall–Kier alpha value is -2.00. The van der Waals surface area contributed by atoms with Crippen molar-refractivity contribution >= 4 is 27.7 Å². The van der Waals surface area contributed by atoms with E-state index < -0.39 is 0 Å². The quantitative estimate of drug-likeness (QED) is 0.778. The van der Waals surface area contributed by atoms with E-state index in [0.29, 0.717) is 6.54 Å². The Morgan fingerprint density at radius 1 is 1.59 bits per heavy atom. The standard InChI is InChI=1S/C16H16BrN3O2/c1-22-16(21)20-8-6-11-13(3-2-7-18)19-14-5-4-10(17)9-12(14)15(11)20/h2-5,9,11,13,15,19H,6,8H2,1H3/b3-2+/t11-,13-,15-/m0/s1. The molecule has 1 fully saturated rings. The molecule has 3 atom stereocenters. The van der Waals surface area contributed by atoms with Crippen molar-refractivity contribution in [2.45, 2.75) is 18.5 Å². The number of allylic oxidation sites excluding steroid dienone is 1. The minimum absolute atomic E-state index is 0.0328. The summed E-state index contributed by atoms with van der Waals surface area (Å²) in [4.78, 5) is 13.9. The lowest BCUT2D eigenvalue weighted by Gasteiger charge is -2.38. The summed E-state index contributed by atoms with van der Waals surface area (Å²) in [6.07, 6.45) is 3.95. The molecule has 0 spiro atoms. The van der Waals surface area contributed by atoms with E-state index in [2.05, 4.69) is 21.2 Å². The SMILES string of the molecule is COC(=O)N1CC[C@H]2[C@H](/C=C/C#N)Nc3ccc(Br)cc3[C@H]21. The second-order valence-corrected chi connectivity index (χ2v) is 6.37. The summed E-state index contributed by atoms with van der Waals surface area (Å²) in [6.45, 7) is 0.659. The predicted octanol–water partition coefficient (Wildman–Crippen LogP) is 3.45. The molecule has 1 N–H and O–H groups in total. The van der Waals surface area contributed by atoms with Crippen molar-refractivity contribution in [3.8, 4) is 6.07 Å². The summed E-state index contributed by atoms with van der Waals surface area (Å²) in [6, 6.07) is 8.05. The van der Waals surface area contributed by atoms with E-state index in [1.807, 2.05) is 30.3 Å². The number of ether oxygens (including phenoxy) is 1. The number of methoxy groups -OCH3 is 1. The Kier molecular flexibility index (Phi) is 4.08. The van der Waals surface area contributed by atoms with Crippen molar-refractivity contribution in [1.82, 2.24) is 4.90 Å². The van der Waals surface area contributed by atoms with E-state index in [0.717, 1.165) is 22.1 Å². The van der Waals surface area contributed by atoms with Gasteiger partial charge in [-0.05, 0) is 30.2 Å². The number of nitriles is 1. The maximum absolute atomic E-state index is 12.1. The molecule has 1 amide bonds. The van der Waals surface area contributed by atoms with Crippen LogP contribution in [-0.2, 0) is 4.74 Å². The number of hydrogen-bond acceptors (Lipinski definition) is 4. The molecule has 1 aromatic carbocycles. The van der Waals surface area contributed by atoms with Crippen molar-refractivity contribution in [2.24, 2.45) is 5.92 Å². The van der Waals surface area contributed by atoms with Gasteiger partial charge in [-0.1, -0.05) is 22.0 Å². The van der Waals surface area contributed by atoms with Gasteiger partial charge >= 0.3 is 6.09 Å². The number of nitrogens with zero attached hydrogens (tertiary/aromatic N) is 2. The molecule has 22 heavy (non-hydrogen) atoms. The van der Waals surface area contributed by atoms with Crippen LogP contribution in [0.5, 0.6) is 0 Å². The van der Waals surface area contributed by atoms with Crippen LogP contribution in [0, 0.1) is 17.2 Å². The summed E-state index contributed by atoms with van der Waals surface area (Å²) in [5.41, 5.74) is 2.08. The minimum atomic E-state index is -0.302. The second kappa shape index (κ2) is 6.01. The zero-order chi connectivity index (χ0) is 15.7. The second-order valence-electron chi connectivity index (χ2n) is 5.45. The van der Waals surface area contributed by atoms with Gasteiger partial charge in [0.05, 0.1) is 25.3 Å². The van der Waals surface area contributed by atoms with Gasteiger partial charge < -0.3 is 15.0 Å². The maximum atomic E-state index is 12.1. The molecule has 1 saturated heterocycles. The molecular formula is C16H16BrN3O2. The van der Waals surface area contributed by atoms with Gasteiger partial charge in [0, 0.05) is 28.7 Å². The number of benzene rings is 1. The van der Waals surface area contributed by atoms with E-state index >= 15 is 0 Å². The van der Waals surface area contributed by atoms with Crippen LogP contribution in [0.15, 0.2) is 34.8 Å². The van der Waals surface area contributed by atoms with E-state index in [1.54, 1.807) is 4.90 Å². The number of carbonyl (C=O) groups excluding carboxylic acids is 1. The molecule has 0 bridgehead atoms. The fourth-order valence-electron chi connectivity index (χ4n) is 3.45. The van der Waals surface area contributed by atoms with Gasteiger partial charge in [0.1, 0.15) is 0 Å². The first kappa shape index (κ1) is 14.9. The molecule has 2 aliphatic heterocycles. The predicted molar refractivity (Wildman–Crippen MR) is 86.3 cm³/mol. The first-order valence-electron chi connectivity index (χ1n) is 7.12. The molecule has 114 valence electrons. The number of anilines is 1. The van der Waals surface area contributed by atoms with Crippen LogP contribution in [0.2, 0.25) is 0 Å². The van der Waals surface area contributed by atoms with Crippen LogP contribution in [0.4, 0.5) is 10.5 Å². The zero-order valence-electron chi connectivity index (χ0n) is 12.1. The Labute approximate surface area is 137 Å². The highest BCUT2D eigenvalue weighted by molar-refractivity contribution is 9.10. The lowest BCUT2D eigenvalue weighted by Crippen LogP contribution is -2.40. The van der Waals surface area contributed by atoms with Crippen LogP contribution >= 0.6 is 15.9 Å². The van der Waals surface area contributed by atoms with Gasteiger partial charge in [0.25, 0.3) is 0 Å². The third kappa shape index (κ3) is 2.46. The number of likely N-dealkylation sites (tertiary alicyclic amines) is 1. The molecule has 0 saturated carbocycles. The number of rotatable bonds is 1. The Morgan fingerprint density at radius 3 is 3.14 bits per heavy atom. The molecule has 0 aliphatic carbocycles. The topological polar surface area (TPSA) is 65.4 Å². The number of amides is 1. The smallest absolute Gasteiger partial charge is 0.410 e. The van der Waals surface area contributed by atoms with Gasteiger partial charge in [-0.15, -0.1) is 0 Å². The number of nitrogens with one attached hydrogen (secondary N) is 1. The summed E-state index contributed by atoms with van der Waals surface area (Å²) in [5, 5.41) is 12.3. The third-order valence-corrected chi connectivity index (χ3v) is 4.84. The van der Waals surface area contributed by atoms with Crippen molar-refractivity contribution in [3.63, 3.8) is 0 Å².